The molecule has 2 fully saturated rings. The molecule has 1 aliphatic carbocycles. The first-order chi connectivity index (χ1) is 10.2. The van der Waals surface area contributed by atoms with Crippen molar-refractivity contribution >= 4 is 16.5 Å². The Kier molecular flexibility index (Phi) is 4.82. The summed E-state index contributed by atoms with van der Waals surface area (Å²) in [7, 11) is 0. The van der Waals surface area contributed by atoms with Gasteiger partial charge in [-0.3, -0.25) is 0 Å². The van der Waals surface area contributed by atoms with Crippen molar-refractivity contribution in [2.75, 3.05) is 24.6 Å². The lowest BCUT2D eigenvalue weighted by Gasteiger charge is -2.37. The molecule has 1 saturated carbocycles. The first-order valence-electron chi connectivity index (χ1n) is 8.29. The minimum atomic E-state index is 0.433. The molecule has 1 aromatic heterocycles. The van der Waals surface area contributed by atoms with E-state index in [4.69, 9.17) is 9.72 Å². The molecule has 2 aliphatic rings. The minimum absolute atomic E-state index is 0.433. The number of hydrogen-bond acceptors (Lipinski definition) is 5. The van der Waals surface area contributed by atoms with Gasteiger partial charge in [0.15, 0.2) is 5.13 Å². The molecule has 1 N–H and O–H groups in total. The Morgan fingerprint density at radius 3 is 3.05 bits per heavy atom. The van der Waals surface area contributed by atoms with Gasteiger partial charge in [0.2, 0.25) is 0 Å². The number of thiazole rings is 1. The van der Waals surface area contributed by atoms with Crippen molar-refractivity contribution in [3.8, 4) is 0 Å². The van der Waals surface area contributed by atoms with E-state index in [0.29, 0.717) is 18.1 Å². The van der Waals surface area contributed by atoms with E-state index in [0.717, 1.165) is 26.2 Å². The second kappa shape index (κ2) is 6.63. The van der Waals surface area contributed by atoms with Gasteiger partial charge >= 0.3 is 0 Å². The molecule has 21 heavy (non-hydrogen) atoms. The highest BCUT2D eigenvalue weighted by atomic mass is 32.1. The molecule has 2 unspecified atom stereocenters. The van der Waals surface area contributed by atoms with Gasteiger partial charge in [-0.15, -0.1) is 11.3 Å². The highest BCUT2D eigenvalue weighted by Crippen LogP contribution is 2.37. The molecule has 0 bridgehead atoms. The smallest absolute Gasteiger partial charge is 0.186 e. The summed E-state index contributed by atoms with van der Waals surface area (Å²) in [6.07, 6.45) is 4.19. The molecule has 4 nitrogen and oxygen atoms in total. The maximum absolute atomic E-state index is 5.93. The quantitative estimate of drug-likeness (QED) is 0.907. The van der Waals surface area contributed by atoms with Crippen LogP contribution in [-0.2, 0) is 11.3 Å². The van der Waals surface area contributed by atoms with E-state index in [1.165, 1.54) is 35.0 Å². The van der Waals surface area contributed by atoms with Crippen molar-refractivity contribution < 1.29 is 4.74 Å². The molecule has 1 aliphatic heterocycles. The fourth-order valence-electron chi connectivity index (χ4n) is 3.45. The fourth-order valence-corrected chi connectivity index (χ4v) is 4.72. The summed E-state index contributed by atoms with van der Waals surface area (Å²) in [6.45, 7) is 10.4. The lowest BCUT2D eigenvalue weighted by molar-refractivity contribution is 0.0256. The van der Waals surface area contributed by atoms with Crippen LogP contribution in [0.1, 0.15) is 56.5 Å². The number of rotatable bonds is 5. The van der Waals surface area contributed by atoms with Gasteiger partial charge in [-0.25, -0.2) is 4.98 Å². The van der Waals surface area contributed by atoms with Gasteiger partial charge in [0, 0.05) is 18.0 Å². The Labute approximate surface area is 131 Å². The lowest BCUT2D eigenvalue weighted by Crippen LogP contribution is -2.48. The summed E-state index contributed by atoms with van der Waals surface area (Å²) < 4.78 is 5.93. The third-order valence-corrected chi connectivity index (χ3v) is 5.63. The average Bonchev–Trinajstić information content (AvgIpc) is 3.11. The van der Waals surface area contributed by atoms with Crippen molar-refractivity contribution in [2.24, 2.45) is 0 Å². The zero-order valence-electron chi connectivity index (χ0n) is 13.4. The second-order valence-corrected chi connectivity index (χ2v) is 7.40. The topological polar surface area (TPSA) is 37.4 Å². The fraction of sp³-hybridized carbons (Fsp3) is 0.812. The molecule has 0 spiro atoms. The summed E-state index contributed by atoms with van der Waals surface area (Å²) in [5.74, 6) is 0.490. The molecule has 0 radical (unpaired) electrons. The van der Waals surface area contributed by atoms with Gasteiger partial charge in [-0.1, -0.05) is 20.8 Å². The molecule has 1 aromatic rings. The SMILES string of the molecule is CCNCc1sc(N2CCOC3CCCC32)nc1C(C)C. The zero-order valence-corrected chi connectivity index (χ0v) is 14.2. The van der Waals surface area contributed by atoms with Crippen molar-refractivity contribution in [2.45, 2.75) is 64.6 Å². The van der Waals surface area contributed by atoms with Crippen molar-refractivity contribution in [3.63, 3.8) is 0 Å². The van der Waals surface area contributed by atoms with E-state index in [1.807, 2.05) is 11.3 Å². The first kappa shape index (κ1) is 15.3. The molecule has 3 rings (SSSR count). The molecular formula is C16H27N3OS. The largest absolute Gasteiger partial charge is 0.374 e. The van der Waals surface area contributed by atoms with Crippen LogP contribution in [0.15, 0.2) is 0 Å². The summed E-state index contributed by atoms with van der Waals surface area (Å²) in [5.41, 5.74) is 1.27. The number of nitrogens with one attached hydrogen (secondary N) is 1. The predicted octanol–water partition coefficient (Wildman–Crippen LogP) is 3.13. The van der Waals surface area contributed by atoms with E-state index in [9.17, 15) is 0 Å². The summed E-state index contributed by atoms with van der Waals surface area (Å²) in [6, 6.07) is 0.553. The van der Waals surface area contributed by atoms with Crippen LogP contribution >= 0.6 is 11.3 Å². The first-order valence-corrected chi connectivity index (χ1v) is 9.11. The van der Waals surface area contributed by atoms with Crippen LogP contribution < -0.4 is 10.2 Å². The predicted molar refractivity (Wildman–Crippen MR) is 88.3 cm³/mol. The van der Waals surface area contributed by atoms with Crippen molar-refractivity contribution in [1.82, 2.24) is 10.3 Å². The standard InChI is InChI=1S/C16H27N3OS/c1-4-17-10-14-15(11(2)3)18-16(21-14)19-8-9-20-13-7-5-6-12(13)19/h11-13,17H,4-10H2,1-3H3. The van der Waals surface area contributed by atoms with Crippen LogP contribution in [0, 0.1) is 0 Å². The number of nitrogens with zero attached hydrogens (tertiary/aromatic N) is 2. The lowest BCUT2D eigenvalue weighted by atomic mass is 10.1. The number of morpholine rings is 1. The third kappa shape index (κ3) is 3.10. The normalized spacial score (nSPS) is 25.6. The number of fused-ring (bicyclic) bond motifs is 1. The van der Waals surface area contributed by atoms with Gasteiger partial charge in [-0.05, 0) is 31.7 Å². The maximum atomic E-state index is 5.93. The molecule has 118 valence electrons. The highest BCUT2D eigenvalue weighted by molar-refractivity contribution is 7.15. The monoisotopic (exact) mass is 309 g/mol. The van der Waals surface area contributed by atoms with Gasteiger partial charge in [0.05, 0.1) is 24.4 Å². The van der Waals surface area contributed by atoms with Crippen molar-refractivity contribution in [1.29, 1.82) is 0 Å². The van der Waals surface area contributed by atoms with E-state index in [2.05, 4.69) is 31.0 Å². The van der Waals surface area contributed by atoms with E-state index >= 15 is 0 Å². The molecule has 0 aromatic carbocycles. The van der Waals surface area contributed by atoms with Crippen LogP contribution in [0.5, 0.6) is 0 Å². The van der Waals surface area contributed by atoms with Gasteiger partial charge < -0.3 is 15.0 Å². The number of aromatic nitrogens is 1. The van der Waals surface area contributed by atoms with Gasteiger partial charge in [0.25, 0.3) is 0 Å². The molecule has 2 atom stereocenters. The van der Waals surface area contributed by atoms with E-state index in [1.54, 1.807) is 0 Å². The minimum Gasteiger partial charge on any atom is -0.374 e. The molecule has 0 amide bonds. The zero-order chi connectivity index (χ0) is 14.8. The molecule has 2 heterocycles. The number of hydrogen-bond donors (Lipinski definition) is 1. The van der Waals surface area contributed by atoms with Crippen LogP contribution in [0.3, 0.4) is 0 Å². The van der Waals surface area contributed by atoms with Crippen LogP contribution in [0.2, 0.25) is 0 Å². The van der Waals surface area contributed by atoms with Gasteiger partial charge in [-0.2, -0.15) is 0 Å². The van der Waals surface area contributed by atoms with E-state index < -0.39 is 0 Å². The highest BCUT2D eigenvalue weighted by Gasteiger charge is 2.37. The second-order valence-electron chi connectivity index (χ2n) is 6.34. The Balaban J connectivity index is 1.83. The third-order valence-electron chi connectivity index (χ3n) is 4.53. The maximum Gasteiger partial charge on any atom is 0.186 e. The Morgan fingerprint density at radius 1 is 1.43 bits per heavy atom. The molecule has 5 heteroatoms. The summed E-state index contributed by atoms with van der Waals surface area (Å²) in [4.78, 5) is 8.92. The van der Waals surface area contributed by atoms with Crippen LogP contribution in [0.4, 0.5) is 5.13 Å². The van der Waals surface area contributed by atoms with Crippen LogP contribution in [0.25, 0.3) is 0 Å². The Morgan fingerprint density at radius 2 is 2.29 bits per heavy atom. The average molecular weight is 309 g/mol. The summed E-state index contributed by atoms with van der Waals surface area (Å²) in [5, 5.41) is 4.66. The molecule has 1 saturated heterocycles. The van der Waals surface area contributed by atoms with E-state index in [-0.39, 0.29) is 0 Å². The number of anilines is 1. The van der Waals surface area contributed by atoms with Crippen molar-refractivity contribution in [3.05, 3.63) is 10.6 Å². The Bertz CT molecular complexity index is 474. The summed E-state index contributed by atoms with van der Waals surface area (Å²) >= 11 is 1.88. The van der Waals surface area contributed by atoms with Crippen LogP contribution in [-0.4, -0.2) is 36.8 Å². The number of ether oxygens (including phenoxy) is 1. The molecular weight excluding hydrogens is 282 g/mol. The Hall–Kier alpha value is -0.650. The van der Waals surface area contributed by atoms with Gasteiger partial charge in [0.1, 0.15) is 0 Å².